The smallest absolute Gasteiger partial charge is 0.294 e. The predicted octanol–water partition coefficient (Wildman–Crippen LogP) is 7.60. The summed E-state index contributed by atoms with van der Waals surface area (Å²) in [6.45, 7) is 25.3. The number of unbranched alkanes of at least 4 members (excludes halogenated alkanes) is 1. The van der Waals surface area contributed by atoms with Crippen molar-refractivity contribution in [3.8, 4) is 0 Å². The van der Waals surface area contributed by atoms with Crippen molar-refractivity contribution < 1.29 is 17.5 Å². The van der Waals surface area contributed by atoms with Crippen molar-refractivity contribution in [3.63, 3.8) is 0 Å². The predicted molar refractivity (Wildman–Crippen MR) is 159 cm³/mol. The Morgan fingerprint density at radius 1 is 0.886 bits per heavy atom. The monoisotopic (exact) mass is 532 g/mol. The van der Waals surface area contributed by atoms with Gasteiger partial charge in [0, 0.05) is 12.8 Å². The van der Waals surface area contributed by atoms with Crippen molar-refractivity contribution >= 4 is 17.4 Å². The largest absolute Gasteiger partial charge is 0.326 e. The summed E-state index contributed by atoms with van der Waals surface area (Å²) < 4.78 is 30.9. The molecule has 2 rings (SSSR count). The second-order valence-electron chi connectivity index (χ2n) is 12.7. The molecular formula is C29H59NO3PS+. The molecule has 1 aromatic carbocycles. The number of quaternary nitrogens is 1. The van der Waals surface area contributed by atoms with E-state index in [1.165, 1.54) is 80.4 Å². The third-order valence-electron chi connectivity index (χ3n) is 6.72. The van der Waals surface area contributed by atoms with Crippen LogP contribution in [0.3, 0.4) is 0 Å². The SMILES string of the molecule is CC(C)C[PH](C)(CC(C)C)CC(C)C.CCCC[N+]1(C)CCCC1.Cc1ccc(S(=O)(=O)O)cc1. The van der Waals surface area contributed by atoms with Gasteiger partial charge in [0.25, 0.3) is 10.1 Å². The number of hydrogen-bond donors (Lipinski definition) is 1. The molecule has 0 atom stereocenters. The zero-order chi connectivity index (χ0) is 27.3. The topological polar surface area (TPSA) is 54.4 Å². The van der Waals surface area contributed by atoms with E-state index in [2.05, 4.69) is 62.2 Å². The molecule has 1 aliphatic rings. The third kappa shape index (κ3) is 16.8. The Kier molecular flexibility index (Phi) is 16.2. The molecule has 0 unspecified atom stereocenters. The number of benzene rings is 1. The van der Waals surface area contributed by atoms with E-state index in [1.807, 2.05) is 6.92 Å². The number of hydrogen-bond acceptors (Lipinski definition) is 2. The molecule has 6 heteroatoms. The maximum atomic E-state index is 10.5. The van der Waals surface area contributed by atoms with Gasteiger partial charge in [-0.1, -0.05) is 31.0 Å². The standard InChI is InChI=1S/C13H31P.C9H20N.C7H8O3S/c1-11(2)8-14(7,9-12(3)4)10-13(5)6;1-3-4-7-10(2)8-5-6-9-10;1-6-2-4-7(5-3-6)11(8,9)10/h11-14H,8-10H2,1-7H3;3-9H2,1-2H3;2-5H,1H3,(H,8,9,10)/q;+1;. The minimum Gasteiger partial charge on any atom is -0.326 e. The van der Waals surface area contributed by atoms with Crippen LogP contribution in [0.25, 0.3) is 0 Å². The van der Waals surface area contributed by atoms with Crippen LogP contribution in [-0.2, 0) is 10.1 Å². The first-order valence-electron chi connectivity index (χ1n) is 13.9. The zero-order valence-corrected chi connectivity index (χ0v) is 26.5. The van der Waals surface area contributed by atoms with Crippen LogP contribution in [0.4, 0.5) is 0 Å². The molecule has 1 saturated heterocycles. The Balaban J connectivity index is 0.000000502. The minimum absolute atomic E-state index is 0.0666. The first-order chi connectivity index (χ1) is 16.0. The molecule has 1 heterocycles. The third-order valence-corrected chi connectivity index (χ3v) is 13.0. The molecule has 1 aromatic rings. The van der Waals surface area contributed by atoms with Crippen LogP contribution in [-0.4, -0.2) is 69.3 Å². The van der Waals surface area contributed by atoms with Gasteiger partial charge in [0.2, 0.25) is 0 Å². The van der Waals surface area contributed by atoms with E-state index in [0.717, 1.165) is 23.3 Å². The van der Waals surface area contributed by atoms with Gasteiger partial charge in [-0.05, 0) is 25.5 Å². The van der Waals surface area contributed by atoms with Crippen LogP contribution in [0.15, 0.2) is 29.2 Å². The van der Waals surface area contributed by atoms with Crippen LogP contribution in [0, 0.1) is 24.7 Å². The molecular weight excluding hydrogens is 473 g/mol. The number of likely N-dealkylation sites (tertiary alicyclic amines) is 1. The number of aryl methyl sites for hydroxylation is 1. The van der Waals surface area contributed by atoms with Gasteiger partial charge in [0.15, 0.2) is 0 Å². The summed E-state index contributed by atoms with van der Waals surface area (Å²) in [5.74, 6) is 2.68. The summed E-state index contributed by atoms with van der Waals surface area (Å²) in [6.07, 6.45) is 10.2. The van der Waals surface area contributed by atoms with Gasteiger partial charge in [0.1, 0.15) is 0 Å². The fraction of sp³-hybridized carbons (Fsp3) is 0.793. The van der Waals surface area contributed by atoms with E-state index in [0.29, 0.717) is 0 Å². The van der Waals surface area contributed by atoms with Crippen molar-refractivity contribution in [2.75, 3.05) is 51.8 Å². The number of rotatable bonds is 10. The van der Waals surface area contributed by atoms with Crippen molar-refractivity contribution in [1.82, 2.24) is 0 Å². The van der Waals surface area contributed by atoms with Gasteiger partial charge < -0.3 is 4.48 Å². The first-order valence-corrected chi connectivity index (χ1v) is 18.5. The molecule has 0 amide bonds. The van der Waals surface area contributed by atoms with Gasteiger partial charge in [-0.25, -0.2) is 0 Å². The zero-order valence-electron chi connectivity index (χ0n) is 24.7. The van der Waals surface area contributed by atoms with Gasteiger partial charge in [-0.2, -0.15) is 8.42 Å². The maximum Gasteiger partial charge on any atom is 0.294 e. The molecule has 0 bridgehead atoms. The van der Waals surface area contributed by atoms with Crippen molar-refractivity contribution in [3.05, 3.63) is 29.8 Å². The summed E-state index contributed by atoms with van der Waals surface area (Å²) in [5.41, 5.74) is 0.956. The molecule has 0 spiro atoms. The normalized spacial score (nSPS) is 16.1. The second-order valence-corrected chi connectivity index (χ2v) is 19.0. The Morgan fingerprint density at radius 2 is 1.29 bits per heavy atom. The molecule has 0 saturated carbocycles. The Bertz CT molecular complexity index is 756. The Morgan fingerprint density at radius 3 is 1.60 bits per heavy atom. The molecule has 0 radical (unpaired) electrons. The average Bonchev–Trinajstić information content (AvgIpc) is 3.11. The first kappa shape index (κ1) is 34.5. The fourth-order valence-corrected chi connectivity index (χ4v) is 12.7. The van der Waals surface area contributed by atoms with Crippen LogP contribution in [0.1, 0.15) is 79.7 Å². The van der Waals surface area contributed by atoms with Gasteiger partial charge in [0.05, 0.1) is 31.6 Å². The molecule has 0 aromatic heterocycles. The van der Waals surface area contributed by atoms with Crippen molar-refractivity contribution in [2.45, 2.75) is 86.0 Å². The van der Waals surface area contributed by atoms with E-state index in [1.54, 1.807) is 12.1 Å². The summed E-state index contributed by atoms with van der Waals surface area (Å²) >= 11 is 0. The summed E-state index contributed by atoms with van der Waals surface area (Å²) in [4.78, 5) is -0.0666. The molecule has 4 nitrogen and oxygen atoms in total. The molecule has 1 N–H and O–H groups in total. The molecule has 1 fully saturated rings. The van der Waals surface area contributed by atoms with Crippen LogP contribution in [0.2, 0.25) is 0 Å². The van der Waals surface area contributed by atoms with Gasteiger partial charge in [-0.15, -0.1) is 0 Å². The van der Waals surface area contributed by atoms with Crippen LogP contribution in [0.5, 0.6) is 0 Å². The van der Waals surface area contributed by atoms with E-state index < -0.39 is 17.4 Å². The van der Waals surface area contributed by atoms with Crippen LogP contribution >= 0.6 is 7.26 Å². The van der Waals surface area contributed by atoms with Crippen molar-refractivity contribution in [1.29, 1.82) is 0 Å². The molecule has 0 aliphatic carbocycles. The van der Waals surface area contributed by atoms with Crippen LogP contribution < -0.4 is 0 Å². The molecule has 1 aliphatic heterocycles. The number of nitrogens with zero attached hydrogens (tertiary/aromatic N) is 1. The van der Waals surface area contributed by atoms with E-state index in [4.69, 9.17) is 4.55 Å². The fourth-order valence-electron chi connectivity index (χ4n) is 5.78. The second kappa shape index (κ2) is 16.4. The summed E-state index contributed by atoms with van der Waals surface area (Å²) in [6, 6.07) is 5.99. The molecule has 35 heavy (non-hydrogen) atoms. The maximum absolute atomic E-state index is 10.5. The Hall–Kier alpha value is -0.480. The van der Waals surface area contributed by atoms with E-state index in [-0.39, 0.29) is 4.90 Å². The van der Waals surface area contributed by atoms with Gasteiger partial charge in [-0.3, -0.25) is 4.55 Å². The average molecular weight is 533 g/mol. The summed E-state index contributed by atoms with van der Waals surface area (Å²) in [5, 5.41) is 0. The molecule has 208 valence electrons. The minimum atomic E-state index is -4.02. The summed E-state index contributed by atoms with van der Waals surface area (Å²) in [7, 11) is -2.55. The van der Waals surface area contributed by atoms with E-state index in [9.17, 15) is 8.42 Å². The van der Waals surface area contributed by atoms with Gasteiger partial charge >= 0.3 is 91.7 Å². The van der Waals surface area contributed by atoms with E-state index >= 15 is 0 Å². The van der Waals surface area contributed by atoms with Crippen molar-refractivity contribution in [2.24, 2.45) is 17.8 Å². The Labute approximate surface area is 220 Å². The quantitative estimate of drug-likeness (QED) is 0.192.